The van der Waals surface area contributed by atoms with Gasteiger partial charge < -0.3 is 23.7 Å². The summed E-state index contributed by atoms with van der Waals surface area (Å²) in [5, 5.41) is 9.15. The van der Waals surface area contributed by atoms with Crippen molar-refractivity contribution >= 4 is 34.0 Å². The molecule has 0 amide bonds. The second kappa shape index (κ2) is 11.7. The van der Waals surface area contributed by atoms with Crippen LogP contribution in [0.15, 0.2) is 66.3 Å². The van der Waals surface area contributed by atoms with Crippen LogP contribution in [0.2, 0.25) is 0 Å². The fourth-order valence-corrected chi connectivity index (χ4v) is 6.83. The van der Waals surface area contributed by atoms with Crippen molar-refractivity contribution in [2.24, 2.45) is 0 Å². The van der Waals surface area contributed by atoms with Crippen molar-refractivity contribution in [1.82, 2.24) is 19.4 Å². The van der Waals surface area contributed by atoms with Crippen LogP contribution in [0.3, 0.4) is 0 Å². The molecule has 234 valence electrons. The Morgan fingerprint density at radius 3 is 2.78 bits per heavy atom. The summed E-state index contributed by atoms with van der Waals surface area (Å²) in [6, 6.07) is 17.6. The number of carbonyl (C=O) groups is 1. The van der Waals surface area contributed by atoms with Gasteiger partial charge in [-0.3, -0.25) is 9.88 Å². The lowest BCUT2D eigenvalue weighted by molar-refractivity contribution is -0.0705. The predicted molar refractivity (Wildman–Crippen MR) is 171 cm³/mol. The van der Waals surface area contributed by atoms with E-state index in [0.717, 1.165) is 47.1 Å². The lowest BCUT2D eigenvalue weighted by atomic mass is 10.0. The minimum Gasteiger partial charge on any atom is -0.465 e. The Balaban J connectivity index is 1.12. The number of methoxy groups -OCH3 is 1. The highest BCUT2D eigenvalue weighted by Gasteiger charge is 2.43. The average molecular weight is 639 g/mol. The third-order valence-electron chi connectivity index (χ3n) is 8.64. The maximum Gasteiger partial charge on any atom is 0.337 e. The smallest absolute Gasteiger partial charge is 0.337 e. The number of thiazole rings is 1. The molecule has 1 fully saturated rings. The van der Waals surface area contributed by atoms with Gasteiger partial charge >= 0.3 is 5.97 Å². The Kier molecular flexibility index (Phi) is 7.58. The zero-order valence-electron chi connectivity index (χ0n) is 25.6. The molecule has 4 heterocycles. The van der Waals surface area contributed by atoms with E-state index in [1.807, 2.05) is 48.1 Å². The number of nitrogens with zero attached hydrogens (tertiary/aromatic N) is 6. The van der Waals surface area contributed by atoms with Crippen LogP contribution in [0.25, 0.3) is 11.0 Å². The quantitative estimate of drug-likeness (QED) is 0.208. The number of hydrogen-bond donors (Lipinski definition) is 0. The van der Waals surface area contributed by atoms with E-state index in [1.165, 1.54) is 13.2 Å². The van der Waals surface area contributed by atoms with Gasteiger partial charge in [0.15, 0.2) is 11.5 Å². The number of nitriles is 1. The number of piperazine rings is 1. The number of para-hydroxylation sites is 1. The lowest BCUT2D eigenvalue weighted by Crippen LogP contribution is -2.51. The zero-order valence-corrected chi connectivity index (χ0v) is 26.4. The SMILES string of the molecule is COC(=O)c1ccc2nc(CN3CCN(c4cccc5c4OC(C)(c4ccc(C#N)cc4F)O5)CC3C)n(Cc3cncs3)c2c1. The highest BCUT2D eigenvalue weighted by molar-refractivity contribution is 7.09. The van der Waals surface area contributed by atoms with Gasteiger partial charge in [0.25, 0.3) is 5.79 Å². The second-order valence-corrected chi connectivity index (χ2v) is 12.6. The van der Waals surface area contributed by atoms with Crippen LogP contribution >= 0.6 is 11.3 Å². The number of aromatic nitrogens is 3. The van der Waals surface area contributed by atoms with Crippen LogP contribution in [0.4, 0.5) is 10.1 Å². The van der Waals surface area contributed by atoms with Crippen molar-refractivity contribution in [3.8, 4) is 17.6 Å². The van der Waals surface area contributed by atoms with Crippen molar-refractivity contribution in [1.29, 1.82) is 5.26 Å². The number of carbonyl (C=O) groups excluding carboxylic acids is 1. The fraction of sp³-hybridized carbons (Fsp3) is 0.294. The van der Waals surface area contributed by atoms with E-state index in [2.05, 4.69) is 26.3 Å². The van der Waals surface area contributed by atoms with Crippen LogP contribution in [0.1, 0.15) is 46.0 Å². The van der Waals surface area contributed by atoms with Gasteiger partial charge in [-0.05, 0) is 55.5 Å². The van der Waals surface area contributed by atoms with Gasteiger partial charge in [0.05, 0.1) is 65.2 Å². The molecule has 12 heteroatoms. The van der Waals surface area contributed by atoms with Crippen molar-refractivity contribution < 1.29 is 23.4 Å². The molecule has 3 aromatic carbocycles. The molecule has 46 heavy (non-hydrogen) atoms. The number of benzene rings is 3. The number of fused-ring (bicyclic) bond motifs is 2. The van der Waals surface area contributed by atoms with E-state index in [4.69, 9.17) is 24.5 Å². The largest absolute Gasteiger partial charge is 0.465 e. The first kappa shape index (κ1) is 29.7. The topological polar surface area (TPSA) is 106 Å². The molecule has 2 unspecified atom stereocenters. The monoisotopic (exact) mass is 638 g/mol. The van der Waals surface area contributed by atoms with Gasteiger partial charge in [-0.2, -0.15) is 5.26 Å². The summed E-state index contributed by atoms with van der Waals surface area (Å²) in [4.78, 5) is 27.3. The Hall–Kier alpha value is -4.99. The summed E-state index contributed by atoms with van der Waals surface area (Å²) >= 11 is 1.58. The number of anilines is 1. The maximum absolute atomic E-state index is 15.0. The van der Waals surface area contributed by atoms with Crippen molar-refractivity contribution in [3.63, 3.8) is 0 Å². The number of hydrogen-bond acceptors (Lipinski definition) is 10. The minimum atomic E-state index is -1.37. The Labute approximate surface area is 269 Å². The molecule has 7 rings (SSSR count). The molecule has 0 spiro atoms. The highest BCUT2D eigenvalue weighted by atomic mass is 32.1. The first-order valence-electron chi connectivity index (χ1n) is 14.9. The van der Waals surface area contributed by atoms with Crippen molar-refractivity contribution in [2.45, 2.75) is 38.8 Å². The van der Waals surface area contributed by atoms with Gasteiger partial charge in [-0.15, -0.1) is 11.3 Å². The van der Waals surface area contributed by atoms with E-state index in [0.29, 0.717) is 30.2 Å². The maximum atomic E-state index is 15.0. The summed E-state index contributed by atoms with van der Waals surface area (Å²) in [6.07, 6.45) is 1.86. The van der Waals surface area contributed by atoms with Gasteiger partial charge in [0.2, 0.25) is 0 Å². The number of ether oxygens (including phenoxy) is 3. The Morgan fingerprint density at radius 1 is 1.17 bits per heavy atom. The first-order valence-corrected chi connectivity index (χ1v) is 15.8. The van der Waals surface area contributed by atoms with Crippen LogP contribution in [0, 0.1) is 17.1 Å². The van der Waals surface area contributed by atoms with E-state index in [1.54, 1.807) is 36.5 Å². The van der Waals surface area contributed by atoms with Crippen LogP contribution < -0.4 is 14.4 Å². The third-order valence-corrected chi connectivity index (χ3v) is 9.41. The van der Waals surface area contributed by atoms with Gasteiger partial charge in [0, 0.05) is 43.7 Å². The third kappa shape index (κ3) is 5.31. The Morgan fingerprint density at radius 2 is 2.04 bits per heavy atom. The van der Waals surface area contributed by atoms with E-state index in [9.17, 15) is 4.79 Å². The highest BCUT2D eigenvalue weighted by Crippen LogP contribution is 2.50. The van der Waals surface area contributed by atoms with E-state index >= 15 is 4.39 Å². The molecule has 2 atom stereocenters. The summed E-state index contributed by atoms with van der Waals surface area (Å²) in [6.45, 7) is 7.32. The molecule has 2 aromatic heterocycles. The number of esters is 1. The van der Waals surface area contributed by atoms with Gasteiger partial charge in [0.1, 0.15) is 11.6 Å². The van der Waals surface area contributed by atoms with Crippen molar-refractivity contribution in [3.05, 3.63) is 99.5 Å². The van der Waals surface area contributed by atoms with Gasteiger partial charge in [-0.25, -0.2) is 14.2 Å². The predicted octanol–water partition coefficient (Wildman–Crippen LogP) is 5.69. The molecule has 2 aliphatic rings. The average Bonchev–Trinajstić information content (AvgIpc) is 3.79. The van der Waals surface area contributed by atoms with Crippen LogP contribution in [-0.4, -0.2) is 58.2 Å². The number of imidazole rings is 1. The summed E-state index contributed by atoms with van der Waals surface area (Å²) in [5.41, 5.74) is 5.33. The molecule has 0 N–H and O–H groups in total. The van der Waals surface area contributed by atoms with E-state index < -0.39 is 11.6 Å². The van der Waals surface area contributed by atoms with Crippen molar-refractivity contribution in [2.75, 3.05) is 31.6 Å². The molecule has 0 saturated carbocycles. The van der Waals surface area contributed by atoms with Gasteiger partial charge in [-0.1, -0.05) is 6.07 Å². The molecule has 1 saturated heterocycles. The zero-order chi connectivity index (χ0) is 32.0. The van der Waals surface area contributed by atoms with E-state index in [-0.39, 0.29) is 23.1 Å². The molecule has 2 aliphatic heterocycles. The fourth-order valence-electron chi connectivity index (χ4n) is 6.25. The molecule has 0 bridgehead atoms. The summed E-state index contributed by atoms with van der Waals surface area (Å²) in [7, 11) is 1.38. The molecule has 10 nitrogen and oxygen atoms in total. The molecular weight excluding hydrogens is 607 g/mol. The molecule has 0 radical (unpaired) electrons. The first-order chi connectivity index (χ1) is 22.3. The Bertz CT molecular complexity index is 1990. The van der Waals surface area contributed by atoms with Crippen LogP contribution in [-0.2, 0) is 23.6 Å². The molecule has 0 aliphatic carbocycles. The second-order valence-electron chi connectivity index (χ2n) is 11.6. The molecular formula is C34H31FN6O4S. The number of rotatable bonds is 7. The summed E-state index contributed by atoms with van der Waals surface area (Å²) in [5.74, 6) is -0.286. The normalized spacial score (nSPS) is 19.4. The minimum absolute atomic E-state index is 0.163. The summed E-state index contributed by atoms with van der Waals surface area (Å²) < 4.78 is 34.7. The van der Waals surface area contributed by atoms with Crippen LogP contribution in [0.5, 0.6) is 11.5 Å². The lowest BCUT2D eigenvalue weighted by Gasteiger charge is -2.41. The standard InChI is InChI=1S/C34H31FN6O4S/c1-21-17-40(28-5-4-6-30-32(28)45-34(2,44-30)25-9-7-22(15-36)13-26(25)35)12-11-39(21)19-31-38-27-10-8-23(33(42)43-3)14-29(27)41(31)18-24-16-37-20-46-24/h4-10,13-14,16,20-21H,11-12,17-19H2,1-3H3. The molecule has 5 aromatic rings. The number of halogens is 1.